The number of halogens is 1. The molecule has 1 fully saturated rings. The van der Waals surface area contributed by atoms with Crippen LogP contribution >= 0.6 is 11.3 Å². The van der Waals surface area contributed by atoms with Gasteiger partial charge in [-0.05, 0) is 18.2 Å². The molecule has 1 unspecified atom stereocenters. The van der Waals surface area contributed by atoms with Crippen LogP contribution in [0.2, 0.25) is 0 Å². The van der Waals surface area contributed by atoms with Crippen molar-refractivity contribution >= 4 is 21.6 Å². The van der Waals surface area contributed by atoms with Gasteiger partial charge >= 0.3 is 0 Å². The summed E-state index contributed by atoms with van der Waals surface area (Å²) in [6, 6.07) is 5.00. The number of rotatable bonds is 3. The molecule has 7 heteroatoms. The molecule has 3 heterocycles. The number of thiazole rings is 1. The quantitative estimate of drug-likeness (QED) is 0.800. The monoisotopic (exact) mass is 331 g/mol. The molecule has 0 radical (unpaired) electrons. The van der Waals surface area contributed by atoms with Gasteiger partial charge in [0.1, 0.15) is 16.6 Å². The summed E-state index contributed by atoms with van der Waals surface area (Å²) in [7, 11) is 2.02. The van der Waals surface area contributed by atoms with Gasteiger partial charge < -0.3 is 9.88 Å². The molecular weight excluding hydrogens is 313 g/mol. The van der Waals surface area contributed by atoms with Crippen molar-refractivity contribution in [2.75, 3.05) is 19.6 Å². The van der Waals surface area contributed by atoms with E-state index in [2.05, 4.69) is 24.8 Å². The Morgan fingerprint density at radius 3 is 3.17 bits per heavy atom. The molecule has 3 aromatic rings. The molecule has 1 aliphatic heterocycles. The zero-order valence-electron chi connectivity index (χ0n) is 12.9. The Balaban J connectivity index is 1.60. The van der Waals surface area contributed by atoms with Gasteiger partial charge in [0.25, 0.3) is 0 Å². The third-order valence-corrected chi connectivity index (χ3v) is 5.25. The van der Waals surface area contributed by atoms with Crippen molar-refractivity contribution in [1.82, 2.24) is 24.8 Å². The lowest BCUT2D eigenvalue weighted by Crippen LogP contribution is -2.46. The number of fused-ring (bicyclic) bond motifs is 1. The molecular formula is C16H18FN5S. The van der Waals surface area contributed by atoms with Crippen molar-refractivity contribution in [3.05, 3.63) is 47.2 Å². The van der Waals surface area contributed by atoms with Crippen LogP contribution in [0.5, 0.6) is 0 Å². The molecule has 0 saturated carbocycles. The number of aromatic nitrogens is 3. The van der Waals surface area contributed by atoms with Gasteiger partial charge in [-0.3, -0.25) is 4.90 Å². The smallest absolute Gasteiger partial charge is 0.127 e. The average molecular weight is 331 g/mol. The fraction of sp³-hybridized carbons (Fsp3) is 0.375. The van der Waals surface area contributed by atoms with Crippen LogP contribution < -0.4 is 5.32 Å². The minimum Gasteiger partial charge on any atom is -0.337 e. The zero-order valence-corrected chi connectivity index (χ0v) is 13.7. The molecule has 4 rings (SSSR count). The lowest BCUT2D eigenvalue weighted by molar-refractivity contribution is 0.144. The van der Waals surface area contributed by atoms with Crippen LogP contribution in [0.25, 0.3) is 10.2 Å². The molecule has 1 N–H and O–H groups in total. The van der Waals surface area contributed by atoms with Crippen LogP contribution in [0.15, 0.2) is 30.6 Å². The van der Waals surface area contributed by atoms with Crippen LogP contribution in [-0.2, 0) is 13.6 Å². The zero-order chi connectivity index (χ0) is 15.8. The van der Waals surface area contributed by atoms with E-state index in [1.54, 1.807) is 23.5 Å². The van der Waals surface area contributed by atoms with Gasteiger partial charge in [-0.25, -0.2) is 14.4 Å². The van der Waals surface area contributed by atoms with Crippen LogP contribution in [0.4, 0.5) is 4.39 Å². The summed E-state index contributed by atoms with van der Waals surface area (Å²) >= 11 is 1.57. The summed E-state index contributed by atoms with van der Waals surface area (Å²) in [5.41, 5.74) is 0.870. The second kappa shape index (κ2) is 5.99. The third kappa shape index (κ3) is 2.87. The minimum absolute atomic E-state index is 0.208. The fourth-order valence-corrected chi connectivity index (χ4v) is 4.09. The Hall–Kier alpha value is -1.83. The van der Waals surface area contributed by atoms with E-state index >= 15 is 0 Å². The van der Waals surface area contributed by atoms with Crippen molar-refractivity contribution in [3.63, 3.8) is 0 Å². The highest BCUT2D eigenvalue weighted by atomic mass is 32.1. The van der Waals surface area contributed by atoms with Crippen LogP contribution in [0, 0.1) is 5.82 Å². The molecule has 1 saturated heterocycles. The number of imidazole rings is 1. The highest BCUT2D eigenvalue weighted by molar-refractivity contribution is 7.18. The summed E-state index contributed by atoms with van der Waals surface area (Å²) in [4.78, 5) is 11.5. The molecule has 0 spiro atoms. The second-order valence-corrected chi connectivity index (χ2v) is 6.92. The lowest BCUT2D eigenvalue weighted by Gasteiger charge is -2.35. The molecule has 0 bridgehead atoms. The predicted molar refractivity (Wildman–Crippen MR) is 88.8 cm³/mol. The van der Waals surface area contributed by atoms with Gasteiger partial charge in [-0.2, -0.15) is 0 Å². The molecule has 1 aliphatic rings. The summed E-state index contributed by atoms with van der Waals surface area (Å²) < 4.78 is 16.3. The Morgan fingerprint density at radius 1 is 1.43 bits per heavy atom. The standard InChI is InChI=1S/C16H18FN5S/c1-21-6-5-19-16(21)13-9-18-4-7-22(13)10-15-20-12-3-2-11(17)8-14(12)23-15/h2-3,5-6,8,13,18H,4,7,9-10H2,1H3. The molecule has 5 nitrogen and oxygen atoms in total. The molecule has 2 aromatic heterocycles. The second-order valence-electron chi connectivity index (χ2n) is 5.81. The first-order valence-electron chi connectivity index (χ1n) is 7.67. The molecule has 0 amide bonds. The van der Waals surface area contributed by atoms with Gasteiger partial charge in [0.05, 0.1) is 22.8 Å². The van der Waals surface area contributed by atoms with Crippen molar-refractivity contribution in [2.45, 2.75) is 12.6 Å². The first-order valence-corrected chi connectivity index (χ1v) is 8.49. The Morgan fingerprint density at radius 2 is 2.35 bits per heavy atom. The van der Waals surface area contributed by atoms with Gasteiger partial charge in [0.2, 0.25) is 0 Å². The summed E-state index contributed by atoms with van der Waals surface area (Å²) in [5, 5.41) is 4.46. The topological polar surface area (TPSA) is 46.0 Å². The highest BCUT2D eigenvalue weighted by Crippen LogP contribution is 2.27. The van der Waals surface area contributed by atoms with E-state index in [0.717, 1.165) is 47.2 Å². The molecule has 120 valence electrons. The minimum atomic E-state index is -0.208. The third-order valence-electron chi connectivity index (χ3n) is 4.24. The van der Waals surface area contributed by atoms with E-state index in [9.17, 15) is 4.39 Å². The first-order chi connectivity index (χ1) is 11.2. The van der Waals surface area contributed by atoms with E-state index < -0.39 is 0 Å². The van der Waals surface area contributed by atoms with E-state index in [-0.39, 0.29) is 11.9 Å². The van der Waals surface area contributed by atoms with Gasteiger partial charge in [0.15, 0.2) is 0 Å². The SMILES string of the molecule is Cn1ccnc1C1CNCCN1Cc1nc2ccc(F)cc2s1. The first kappa shape index (κ1) is 14.7. The molecule has 1 atom stereocenters. The van der Waals surface area contributed by atoms with Gasteiger partial charge in [-0.1, -0.05) is 0 Å². The van der Waals surface area contributed by atoms with E-state index in [1.165, 1.54) is 6.07 Å². The Kier molecular flexibility index (Phi) is 3.84. The Labute approximate surface area is 137 Å². The van der Waals surface area contributed by atoms with Gasteiger partial charge in [-0.15, -0.1) is 11.3 Å². The molecule has 0 aliphatic carbocycles. The van der Waals surface area contributed by atoms with Crippen molar-refractivity contribution < 1.29 is 4.39 Å². The number of hydrogen-bond acceptors (Lipinski definition) is 5. The largest absolute Gasteiger partial charge is 0.337 e. The lowest BCUT2D eigenvalue weighted by atomic mass is 10.2. The van der Waals surface area contributed by atoms with Crippen molar-refractivity contribution in [1.29, 1.82) is 0 Å². The molecule has 1 aromatic carbocycles. The highest BCUT2D eigenvalue weighted by Gasteiger charge is 2.27. The summed E-state index contributed by atoms with van der Waals surface area (Å²) in [5.74, 6) is 0.852. The van der Waals surface area contributed by atoms with Crippen LogP contribution in [-0.4, -0.2) is 39.1 Å². The number of aryl methyl sites for hydroxylation is 1. The summed E-state index contributed by atoms with van der Waals surface area (Å²) in [6.07, 6.45) is 3.81. The fourth-order valence-electron chi connectivity index (χ4n) is 3.08. The number of benzene rings is 1. The normalized spacial score (nSPS) is 19.5. The maximum absolute atomic E-state index is 13.3. The predicted octanol–water partition coefficient (Wildman–Crippen LogP) is 2.32. The Bertz CT molecular complexity index is 827. The number of piperazine rings is 1. The number of nitrogens with one attached hydrogen (secondary N) is 1. The van der Waals surface area contributed by atoms with E-state index in [1.807, 2.05) is 19.4 Å². The molecule has 23 heavy (non-hydrogen) atoms. The number of nitrogens with zero attached hydrogens (tertiary/aromatic N) is 4. The maximum atomic E-state index is 13.3. The van der Waals surface area contributed by atoms with Gasteiger partial charge in [0, 0.05) is 39.1 Å². The summed E-state index contributed by atoms with van der Waals surface area (Å²) in [6.45, 7) is 3.55. The van der Waals surface area contributed by atoms with Crippen LogP contribution in [0.1, 0.15) is 16.9 Å². The number of hydrogen-bond donors (Lipinski definition) is 1. The average Bonchev–Trinajstić information content (AvgIpc) is 3.13. The van der Waals surface area contributed by atoms with E-state index in [0.29, 0.717) is 0 Å². The maximum Gasteiger partial charge on any atom is 0.127 e. The van der Waals surface area contributed by atoms with E-state index in [4.69, 9.17) is 0 Å². The van der Waals surface area contributed by atoms with Crippen molar-refractivity contribution in [3.8, 4) is 0 Å². The van der Waals surface area contributed by atoms with Crippen molar-refractivity contribution in [2.24, 2.45) is 7.05 Å². The van der Waals surface area contributed by atoms with Crippen LogP contribution in [0.3, 0.4) is 0 Å².